The fourth-order valence-corrected chi connectivity index (χ4v) is 4.08. The molecular formula is C23H31N3O5. The predicted molar refractivity (Wildman–Crippen MR) is 114 cm³/mol. The van der Waals surface area contributed by atoms with Gasteiger partial charge in [0.2, 0.25) is 0 Å². The molecule has 8 heteroatoms. The van der Waals surface area contributed by atoms with Crippen molar-refractivity contribution in [3.8, 4) is 0 Å². The third-order valence-corrected chi connectivity index (χ3v) is 6.07. The van der Waals surface area contributed by atoms with Gasteiger partial charge in [-0.05, 0) is 39.2 Å². The van der Waals surface area contributed by atoms with E-state index in [0.29, 0.717) is 5.56 Å². The molecule has 168 valence electrons. The van der Waals surface area contributed by atoms with Gasteiger partial charge in [0.25, 0.3) is 11.8 Å². The van der Waals surface area contributed by atoms with E-state index in [2.05, 4.69) is 10.6 Å². The topological polar surface area (TPSA) is 105 Å². The number of benzene rings is 1. The van der Waals surface area contributed by atoms with Crippen LogP contribution in [0.4, 0.5) is 4.79 Å². The summed E-state index contributed by atoms with van der Waals surface area (Å²) in [7, 11) is 0. The second-order valence-electron chi connectivity index (χ2n) is 8.64. The van der Waals surface area contributed by atoms with E-state index in [-0.39, 0.29) is 11.9 Å². The van der Waals surface area contributed by atoms with Gasteiger partial charge in [0.1, 0.15) is 12.1 Å². The molecule has 2 atom stereocenters. The molecule has 0 spiro atoms. The molecule has 4 amide bonds. The molecule has 1 aliphatic heterocycles. The van der Waals surface area contributed by atoms with Crippen LogP contribution in [0.15, 0.2) is 24.3 Å². The third-order valence-electron chi connectivity index (χ3n) is 6.07. The third kappa shape index (κ3) is 5.24. The monoisotopic (exact) mass is 429 g/mol. The zero-order valence-corrected chi connectivity index (χ0v) is 18.4. The number of aryl methyl sites for hydroxylation is 1. The fraction of sp³-hybridized carbons (Fsp3) is 0.565. The molecule has 3 rings (SSSR count). The number of nitrogens with zero attached hydrogens (tertiary/aromatic N) is 1. The molecule has 1 saturated carbocycles. The quantitative estimate of drug-likeness (QED) is 0.411. The average Bonchev–Trinajstić information content (AvgIpc) is 2.90. The molecule has 2 aliphatic rings. The molecule has 1 aromatic carbocycles. The number of amides is 4. The number of hydrogen-bond donors (Lipinski definition) is 2. The predicted octanol–water partition coefficient (Wildman–Crippen LogP) is 2.53. The highest BCUT2D eigenvalue weighted by atomic mass is 16.5. The van der Waals surface area contributed by atoms with Gasteiger partial charge in [-0.2, -0.15) is 0 Å². The summed E-state index contributed by atoms with van der Waals surface area (Å²) in [5, 5.41) is 5.60. The van der Waals surface area contributed by atoms with Gasteiger partial charge in [-0.25, -0.2) is 4.79 Å². The van der Waals surface area contributed by atoms with Crippen LogP contribution in [-0.4, -0.2) is 47.4 Å². The molecule has 2 fully saturated rings. The largest absolute Gasteiger partial charge is 0.451 e. The number of rotatable bonds is 6. The van der Waals surface area contributed by atoms with Crippen LogP contribution in [0.2, 0.25) is 0 Å². The number of nitrogens with one attached hydrogen (secondary N) is 2. The van der Waals surface area contributed by atoms with E-state index < -0.39 is 36.1 Å². The minimum Gasteiger partial charge on any atom is -0.451 e. The van der Waals surface area contributed by atoms with Gasteiger partial charge >= 0.3 is 12.0 Å². The Bertz CT molecular complexity index is 845. The van der Waals surface area contributed by atoms with Crippen LogP contribution < -0.4 is 10.6 Å². The zero-order chi connectivity index (χ0) is 22.6. The Labute approximate surface area is 182 Å². The summed E-state index contributed by atoms with van der Waals surface area (Å²) in [6, 6.07) is 6.68. The van der Waals surface area contributed by atoms with Crippen LogP contribution in [0.5, 0.6) is 0 Å². The van der Waals surface area contributed by atoms with Crippen LogP contribution in [-0.2, 0) is 24.7 Å². The molecule has 0 unspecified atom stereocenters. The van der Waals surface area contributed by atoms with Crippen LogP contribution >= 0.6 is 0 Å². The average molecular weight is 430 g/mol. The van der Waals surface area contributed by atoms with E-state index in [1.54, 1.807) is 19.1 Å². The van der Waals surface area contributed by atoms with Gasteiger partial charge in [-0.3, -0.25) is 19.3 Å². The lowest BCUT2D eigenvalue weighted by atomic mass is 9.91. The molecule has 2 N–H and O–H groups in total. The molecule has 0 radical (unpaired) electrons. The van der Waals surface area contributed by atoms with Crippen molar-refractivity contribution in [2.24, 2.45) is 0 Å². The normalized spacial score (nSPS) is 23.1. The zero-order valence-electron chi connectivity index (χ0n) is 18.4. The first-order valence-corrected chi connectivity index (χ1v) is 10.9. The van der Waals surface area contributed by atoms with Crippen LogP contribution in [0, 0.1) is 6.92 Å². The molecule has 1 aromatic rings. The summed E-state index contributed by atoms with van der Waals surface area (Å²) in [6.45, 7) is 4.47. The Hall–Kier alpha value is -2.90. The van der Waals surface area contributed by atoms with Crippen LogP contribution in [0.1, 0.15) is 63.5 Å². The Balaban J connectivity index is 1.57. The lowest BCUT2D eigenvalue weighted by molar-refractivity contribution is -0.156. The summed E-state index contributed by atoms with van der Waals surface area (Å²) in [5.74, 6) is -1.70. The lowest BCUT2D eigenvalue weighted by Crippen LogP contribution is -2.44. The molecule has 0 aromatic heterocycles. The van der Waals surface area contributed by atoms with Crippen LogP contribution in [0.25, 0.3) is 0 Å². The first kappa shape index (κ1) is 22.8. The number of urea groups is 1. The van der Waals surface area contributed by atoms with Gasteiger partial charge < -0.3 is 15.4 Å². The van der Waals surface area contributed by atoms with Crippen molar-refractivity contribution in [1.29, 1.82) is 0 Å². The molecule has 0 bridgehead atoms. The second kappa shape index (κ2) is 9.49. The van der Waals surface area contributed by atoms with E-state index in [4.69, 9.17) is 4.74 Å². The van der Waals surface area contributed by atoms with Crippen molar-refractivity contribution in [2.45, 2.75) is 77.0 Å². The van der Waals surface area contributed by atoms with Crippen LogP contribution in [0.3, 0.4) is 0 Å². The number of imide groups is 1. The summed E-state index contributed by atoms with van der Waals surface area (Å²) in [4.78, 5) is 50.9. The number of carbonyl (C=O) groups excluding carboxylic acids is 4. The number of hydrogen-bond acceptors (Lipinski definition) is 5. The number of ether oxygens (including phenoxy) is 1. The van der Waals surface area contributed by atoms with Gasteiger partial charge in [0.05, 0.1) is 0 Å². The summed E-state index contributed by atoms with van der Waals surface area (Å²) in [5.41, 5.74) is 0.400. The van der Waals surface area contributed by atoms with Gasteiger partial charge in [0.15, 0.2) is 6.10 Å². The smallest absolute Gasteiger partial charge is 0.327 e. The molecule has 8 nitrogen and oxygen atoms in total. The van der Waals surface area contributed by atoms with Crippen molar-refractivity contribution >= 4 is 23.8 Å². The summed E-state index contributed by atoms with van der Waals surface area (Å²) >= 11 is 0. The Morgan fingerprint density at radius 3 is 2.39 bits per heavy atom. The van der Waals surface area contributed by atoms with E-state index >= 15 is 0 Å². The molecule has 1 aliphatic carbocycles. The van der Waals surface area contributed by atoms with E-state index in [9.17, 15) is 19.2 Å². The van der Waals surface area contributed by atoms with E-state index in [1.807, 2.05) is 19.1 Å². The standard InChI is InChI=1S/C23H31N3O5/c1-15-10-12-17(13-11-15)23(3)21(29)26(22(30)25-23)14-19(27)31-16(2)20(28)24-18-8-6-4-5-7-9-18/h10-13,16,18H,4-9,14H2,1-3H3,(H,24,28)(H,25,30)/t16-,23+/m1/s1. The van der Waals surface area contributed by atoms with E-state index in [1.165, 1.54) is 19.8 Å². The highest BCUT2D eigenvalue weighted by molar-refractivity contribution is 6.08. The maximum Gasteiger partial charge on any atom is 0.327 e. The SMILES string of the molecule is Cc1ccc([C@]2(C)NC(=O)N(CC(=O)O[C@H](C)C(=O)NC3CCCCCC3)C2=O)cc1. The lowest BCUT2D eigenvalue weighted by Gasteiger charge is -2.22. The molecular weight excluding hydrogens is 398 g/mol. The minimum atomic E-state index is -1.26. The van der Waals surface area contributed by atoms with Gasteiger partial charge in [-0.1, -0.05) is 55.5 Å². The molecule has 31 heavy (non-hydrogen) atoms. The number of esters is 1. The Kier molecular flexibility index (Phi) is 6.97. The Morgan fingerprint density at radius 1 is 1.16 bits per heavy atom. The maximum absolute atomic E-state index is 12.9. The highest BCUT2D eigenvalue weighted by Gasteiger charge is 2.49. The highest BCUT2D eigenvalue weighted by Crippen LogP contribution is 2.29. The minimum absolute atomic E-state index is 0.0947. The van der Waals surface area contributed by atoms with Gasteiger partial charge in [0, 0.05) is 6.04 Å². The van der Waals surface area contributed by atoms with Crippen molar-refractivity contribution in [1.82, 2.24) is 15.5 Å². The molecule has 1 saturated heterocycles. The maximum atomic E-state index is 12.9. The Morgan fingerprint density at radius 2 is 1.77 bits per heavy atom. The fourth-order valence-electron chi connectivity index (χ4n) is 4.08. The van der Waals surface area contributed by atoms with E-state index in [0.717, 1.165) is 36.1 Å². The van der Waals surface area contributed by atoms with Gasteiger partial charge in [-0.15, -0.1) is 0 Å². The van der Waals surface area contributed by atoms with Crippen molar-refractivity contribution in [3.63, 3.8) is 0 Å². The van der Waals surface area contributed by atoms with Crippen molar-refractivity contribution in [2.75, 3.05) is 6.54 Å². The first-order valence-electron chi connectivity index (χ1n) is 10.9. The van der Waals surface area contributed by atoms with Crippen molar-refractivity contribution in [3.05, 3.63) is 35.4 Å². The van der Waals surface area contributed by atoms with Crippen molar-refractivity contribution < 1.29 is 23.9 Å². The summed E-state index contributed by atoms with van der Waals surface area (Å²) in [6.07, 6.45) is 5.34. The summed E-state index contributed by atoms with van der Waals surface area (Å²) < 4.78 is 5.21. The first-order chi connectivity index (χ1) is 14.7. The molecule has 1 heterocycles. The second-order valence-corrected chi connectivity index (χ2v) is 8.64. The number of carbonyl (C=O) groups is 4.